The molecule has 0 radical (unpaired) electrons. The standard InChI is InChI=1S/C11H18.Na/c1-2-3-4-5-8-11-9-6-7-10-11;/h6-7,9H,2-5,8,10H2,1H3;/q;+1. The maximum absolute atomic E-state index is 2.27. The minimum atomic E-state index is 0. The van der Waals surface area contributed by atoms with Crippen LogP contribution in [0.2, 0.25) is 0 Å². The van der Waals surface area contributed by atoms with Crippen LogP contribution in [0.4, 0.5) is 0 Å². The second kappa shape index (κ2) is 8.10. The fourth-order valence-corrected chi connectivity index (χ4v) is 1.46. The number of unbranched alkanes of at least 4 members (excludes halogenated alkanes) is 3. The fraction of sp³-hybridized carbons (Fsp3) is 0.636. The monoisotopic (exact) mass is 173 g/mol. The molecule has 0 aromatic heterocycles. The van der Waals surface area contributed by atoms with Crippen LogP contribution < -0.4 is 29.6 Å². The summed E-state index contributed by atoms with van der Waals surface area (Å²) in [5.41, 5.74) is 1.63. The maximum atomic E-state index is 2.27. The molecule has 0 aromatic carbocycles. The average Bonchev–Trinajstić information content (AvgIpc) is 2.50. The van der Waals surface area contributed by atoms with E-state index >= 15 is 0 Å². The number of allylic oxidation sites excluding steroid dienone is 4. The molecule has 1 aliphatic carbocycles. The normalized spacial score (nSPS) is 14.2. The van der Waals surface area contributed by atoms with E-state index in [1.807, 2.05) is 0 Å². The molecule has 1 rings (SSSR count). The first-order chi connectivity index (χ1) is 5.43. The summed E-state index contributed by atoms with van der Waals surface area (Å²) in [7, 11) is 0. The molecule has 12 heavy (non-hydrogen) atoms. The van der Waals surface area contributed by atoms with E-state index in [-0.39, 0.29) is 29.6 Å². The Hall–Kier alpha value is 0.480. The Kier molecular flexibility index (Phi) is 8.42. The topological polar surface area (TPSA) is 0 Å². The summed E-state index contributed by atoms with van der Waals surface area (Å²) in [6.45, 7) is 2.26. The Labute approximate surface area is 98.4 Å². The third-order valence-corrected chi connectivity index (χ3v) is 2.20. The van der Waals surface area contributed by atoms with Gasteiger partial charge < -0.3 is 0 Å². The molecule has 0 bridgehead atoms. The van der Waals surface area contributed by atoms with Gasteiger partial charge in [-0.05, 0) is 19.3 Å². The molecule has 0 N–H and O–H groups in total. The third-order valence-electron chi connectivity index (χ3n) is 2.20. The van der Waals surface area contributed by atoms with E-state index in [1.165, 1.54) is 38.5 Å². The maximum Gasteiger partial charge on any atom is 1.00 e. The van der Waals surface area contributed by atoms with Gasteiger partial charge in [-0.1, -0.05) is 50.0 Å². The van der Waals surface area contributed by atoms with Crippen molar-refractivity contribution in [1.29, 1.82) is 0 Å². The molecule has 0 heterocycles. The van der Waals surface area contributed by atoms with Crippen LogP contribution in [-0.2, 0) is 0 Å². The minimum Gasteiger partial charge on any atom is -0.0805 e. The second-order valence-corrected chi connectivity index (χ2v) is 3.27. The Morgan fingerprint density at radius 2 is 2.08 bits per heavy atom. The first-order valence-electron chi connectivity index (χ1n) is 4.78. The van der Waals surface area contributed by atoms with Crippen LogP contribution in [0.5, 0.6) is 0 Å². The van der Waals surface area contributed by atoms with E-state index in [1.54, 1.807) is 5.57 Å². The van der Waals surface area contributed by atoms with E-state index in [0.29, 0.717) is 0 Å². The Morgan fingerprint density at radius 3 is 2.67 bits per heavy atom. The van der Waals surface area contributed by atoms with Crippen molar-refractivity contribution in [2.75, 3.05) is 0 Å². The first-order valence-corrected chi connectivity index (χ1v) is 4.78. The molecule has 0 aromatic rings. The summed E-state index contributed by atoms with van der Waals surface area (Å²) in [5.74, 6) is 0. The van der Waals surface area contributed by atoms with Crippen LogP contribution in [-0.4, -0.2) is 0 Å². The molecule has 0 atom stereocenters. The van der Waals surface area contributed by atoms with Crippen LogP contribution in [0.15, 0.2) is 23.8 Å². The summed E-state index contributed by atoms with van der Waals surface area (Å²) in [6, 6.07) is 0. The van der Waals surface area contributed by atoms with E-state index in [0.717, 1.165) is 0 Å². The van der Waals surface area contributed by atoms with Gasteiger partial charge in [-0.3, -0.25) is 0 Å². The van der Waals surface area contributed by atoms with Gasteiger partial charge in [-0.25, -0.2) is 0 Å². The van der Waals surface area contributed by atoms with Crippen molar-refractivity contribution in [1.82, 2.24) is 0 Å². The summed E-state index contributed by atoms with van der Waals surface area (Å²) in [5, 5.41) is 0. The van der Waals surface area contributed by atoms with E-state index in [4.69, 9.17) is 0 Å². The molecular weight excluding hydrogens is 155 g/mol. The van der Waals surface area contributed by atoms with Gasteiger partial charge >= 0.3 is 29.6 Å². The number of hydrogen-bond donors (Lipinski definition) is 0. The molecule has 0 unspecified atom stereocenters. The fourth-order valence-electron chi connectivity index (χ4n) is 1.46. The zero-order chi connectivity index (χ0) is 7.94. The van der Waals surface area contributed by atoms with Gasteiger partial charge in [0, 0.05) is 0 Å². The van der Waals surface area contributed by atoms with Crippen molar-refractivity contribution in [2.45, 2.75) is 45.4 Å². The third kappa shape index (κ3) is 5.18. The smallest absolute Gasteiger partial charge is 0.0805 e. The molecule has 0 saturated carbocycles. The zero-order valence-corrected chi connectivity index (χ0v) is 10.5. The Morgan fingerprint density at radius 1 is 1.25 bits per heavy atom. The van der Waals surface area contributed by atoms with Crippen LogP contribution in [0, 0.1) is 0 Å². The molecule has 1 heteroatoms. The predicted molar refractivity (Wildman–Crippen MR) is 50.6 cm³/mol. The molecule has 0 aliphatic heterocycles. The van der Waals surface area contributed by atoms with E-state index < -0.39 is 0 Å². The van der Waals surface area contributed by atoms with Gasteiger partial charge in [0.2, 0.25) is 0 Å². The minimum absolute atomic E-state index is 0. The average molecular weight is 173 g/mol. The van der Waals surface area contributed by atoms with E-state index in [9.17, 15) is 0 Å². The largest absolute Gasteiger partial charge is 1.00 e. The molecule has 1 aliphatic rings. The SMILES string of the molecule is CCCCCCC1=CC=CC1.[Na+]. The number of hydrogen-bond acceptors (Lipinski definition) is 0. The Bertz CT molecular complexity index is 156. The van der Waals surface area contributed by atoms with Gasteiger partial charge in [0.1, 0.15) is 0 Å². The molecular formula is C11H18Na+. The summed E-state index contributed by atoms with van der Waals surface area (Å²) in [4.78, 5) is 0. The first kappa shape index (κ1) is 12.5. The van der Waals surface area contributed by atoms with Crippen LogP contribution in [0.1, 0.15) is 45.4 Å². The van der Waals surface area contributed by atoms with Gasteiger partial charge in [0.25, 0.3) is 0 Å². The van der Waals surface area contributed by atoms with Crippen molar-refractivity contribution >= 4 is 0 Å². The predicted octanol–water partition coefficient (Wildman–Crippen LogP) is 0.847. The summed E-state index contributed by atoms with van der Waals surface area (Å²) < 4.78 is 0. The molecule has 0 saturated heterocycles. The molecule has 62 valence electrons. The second-order valence-electron chi connectivity index (χ2n) is 3.27. The van der Waals surface area contributed by atoms with Gasteiger partial charge in [-0.2, -0.15) is 0 Å². The molecule has 0 spiro atoms. The van der Waals surface area contributed by atoms with Crippen molar-refractivity contribution < 1.29 is 29.6 Å². The van der Waals surface area contributed by atoms with Crippen molar-refractivity contribution in [3.8, 4) is 0 Å². The molecule has 0 nitrogen and oxygen atoms in total. The summed E-state index contributed by atoms with van der Waals surface area (Å²) >= 11 is 0. The zero-order valence-electron chi connectivity index (χ0n) is 8.47. The van der Waals surface area contributed by atoms with Crippen LogP contribution >= 0.6 is 0 Å². The molecule has 0 amide bonds. The van der Waals surface area contributed by atoms with Crippen molar-refractivity contribution in [3.05, 3.63) is 23.8 Å². The number of rotatable bonds is 5. The van der Waals surface area contributed by atoms with Gasteiger partial charge in [0.05, 0.1) is 0 Å². The van der Waals surface area contributed by atoms with Gasteiger partial charge in [-0.15, -0.1) is 0 Å². The molecule has 0 fully saturated rings. The Balaban J connectivity index is 0.00000121. The quantitative estimate of drug-likeness (QED) is 0.427. The van der Waals surface area contributed by atoms with Crippen molar-refractivity contribution in [2.24, 2.45) is 0 Å². The van der Waals surface area contributed by atoms with Crippen LogP contribution in [0.25, 0.3) is 0 Å². The van der Waals surface area contributed by atoms with Crippen LogP contribution in [0.3, 0.4) is 0 Å². The van der Waals surface area contributed by atoms with Gasteiger partial charge in [0.15, 0.2) is 0 Å². The summed E-state index contributed by atoms with van der Waals surface area (Å²) in [6.07, 6.45) is 14.8. The van der Waals surface area contributed by atoms with Crippen molar-refractivity contribution in [3.63, 3.8) is 0 Å². The van der Waals surface area contributed by atoms with E-state index in [2.05, 4.69) is 25.2 Å².